The Hall–Kier alpha value is 1.68. The van der Waals surface area contributed by atoms with Crippen LogP contribution >= 0.6 is 18.5 Å². The van der Waals surface area contributed by atoms with Gasteiger partial charge in [-0.1, -0.05) is 0 Å². The number of hydrogen-bond donors (Lipinski definition) is 2. The first-order valence-corrected chi connectivity index (χ1v) is 8.38. The van der Waals surface area contributed by atoms with Crippen LogP contribution in [0.4, 0.5) is 0 Å². The van der Waals surface area contributed by atoms with Crippen molar-refractivity contribution < 1.29 is 167 Å². The first kappa shape index (κ1) is 45.2. The van der Waals surface area contributed by atoms with Crippen molar-refractivity contribution in [3.8, 4) is 0 Å². The van der Waals surface area contributed by atoms with Gasteiger partial charge in [-0.25, -0.2) is 0 Å². The molecule has 0 rings (SSSR count). The summed E-state index contributed by atoms with van der Waals surface area (Å²) in [5, 5.41) is 44.5. The molecule has 0 heterocycles. The van der Waals surface area contributed by atoms with Crippen molar-refractivity contribution in [3.63, 3.8) is 0 Å². The van der Waals surface area contributed by atoms with E-state index in [4.69, 9.17) is 0 Å². The number of carbonyl (C=O) groups excluding carboxylic acids is 6. The molecule has 0 aromatic rings. The van der Waals surface area contributed by atoms with Crippen molar-refractivity contribution in [1.82, 2.24) is 10.6 Å². The van der Waals surface area contributed by atoms with E-state index in [1.807, 2.05) is 10.6 Å². The molecular formula is C12H16N2Na4O10P2. The summed E-state index contributed by atoms with van der Waals surface area (Å²) in [6.07, 6.45) is -1.59. The van der Waals surface area contributed by atoms with E-state index in [-0.39, 0.29) is 131 Å². The molecule has 0 radical (unpaired) electrons. The van der Waals surface area contributed by atoms with Crippen LogP contribution in [0, 0.1) is 0 Å². The molecule has 2 unspecified atom stereocenters. The summed E-state index contributed by atoms with van der Waals surface area (Å²) in [4.78, 5) is 61.9. The molecule has 0 aromatic carbocycles. The summed E-state index contributed by atoms with van der Waals surface area (Å²) in [7, 11) is 4.15. The zero-order chi connectivity index (χ0) is 20.9. The topological polar surface area (TPSA) is 219 Å². The van der Waals surface area contributed by atoms with Crippen LogP contribution in [0.15, 0.2) is 0 Å². The molecule has 18 heteroatoms. The van der Waals surface area contributed by atoms with Crippen molar-refractivity contribution in [2.24, 2.45) is 0 Å². The summed E-state index contributed by atoms with van der Waals surface area (Å²) in [5.74, 6) is -7.57. The maximum atomic E-state index is 10.7. The number of amides is 2. The Kier molecular flexibility index (Phi) is 40.6. The van der Waals surface area contributed by atoms with Gasteiger partial charge in [-0.3, -0.25) is 9.59 Å². The maximum Gasteiger partial charge on any atom is 1.00 e. The van der Waals surface area contributed by atoms with E-state index in [1.54, 1.807) is 0 Å². The molecule has 0 fully saturated rings. The van der Waals surface area contributed by atoms with E-state index in [0.717, 1.165) is 0 Å². The predicted molar refractivity (Wildman–Crippen MR) is 82.3 cm³/mol. The molecule has 0 saturated carbocycles. The summed E-state index contributed by atoms with van der Waals surface area (Å²) < 4.78 is 0. The van der Waals surface area contributed by atoms with Crippen LogP contribution in [-0.4, -0.2) is 60.1 Å². The zero-order valence-corrected chi connectivity index (χ0v) is 27.5. The summed E-state index contributed by atoms with van der Waals surface area (Å²) in [6.45, 7) is 0. The number of carboxylic acid groups (broad SMARTS) is 4. The molecule has 12 nitrogen and oxygen atoms in total. The third-order valence-electron chi connectivity index (χ3n) is 2.35. The SMILES string of the molecule is O=C([O-])C[C@H](NC(=O)CP)C(=O)[O-].O=C([O-])C[C@H](NC(=O)CP)C(=O)[O-].[Na+].[Na+].[Na+].[Na+]. The average Bonchev–Trinajstić information content (AvgIpc) is 2.52. The van der Waals surface area contributed by atoms with Gasteiger partial charge in [0.25, 0.3) is 0 Å². The molecule has 0 aliphatic rings. The molecule has 0 aromatic heterocycles. The Morgan fingerprint density at radius 1 is 0.600 bits per heavy atom. The fourth-order valence-corrected chi connectivity index (χ4v) is 1.46. The monoisotopic (exact) mass is 502 g/mol. The molecule has 0 spiro atoms. The molecule has 0 saturated heterocycles. The van der Waals surface area contributed by atoms with E-state index in [1.165, 1.54) is 0 Å². The maximum absolute atomic E-state index is 10.7. The van der Waals surface area contributed by atoms with Crippen molar-refractivity contribution in [2.75, 3.05) is 12.3 Å². The van der Waals surface area contributed by atoms with E-state index < -0.39 is 60.6 Å². The number of rotatable bonds is 10. The quantitative estimate of drug-likeness (QED) is 0.212. The van der Waals surface area contributed by atoms with Crippen molar-refractivity contribution in [2.45, 2.75) is 24.9 Å². The molecule has 4 atom stereocenters. The fraction of sp³-hybridized carbons (Fsp3) is 0.500. The molecule has 148 valence electrons. The average molecular weight is 502 g/mol. The van der Waals surface area contributed by atoms with Crippen LogP contribution in [0.1, 0.15) is 12.8 Å². The standard InChI is InChI=1S/2C6H10NO5P.4Na/c2*8-4(2-13)7-3(6(11)12)1-5(9)10;;;;/h2*3H,1-2,13H2,(H,7,8)(H,9,10)(H,11,12);;;;/q;;4*+1/p-4/t2*3-;;;;/m00..../s1. The third-order valence-corrected chi connectivity index (χ3v) is 3.09. The molecule has 0 aliphatic heterocycles. The van der Waals surface area contributed by atoms with Crippen molar-refractivity contribution in [1.29, 1.82) is 0 Å². The summed E-state index contributed by atoms with van der Waals surface area (Å²) in [5.41, 5.74) is 0. The summed E-state index contributed by atoms with van der Waals surface area (Å²) in [6, 6.07) is -3.06. The second-order valence-electron chi connectivity index (χ2n) is 4.44. The Balaban J connectivity index is -0.0000000847. The Morgan fingerprint density at radius 2 is 0.833 bits per heavy atom. The molecule has 0 bridgehead atoms. The minimum absolute atomic E-state index is 0. The molecular weight excluding hydrogens is 486 g/mol. The first-order valence-electron chi connectivity index (χ1n) is 6.74. The number of carboxylic acids is 4. The van der Waals surface area contributed by atoms with Gasteiger partial charge in [0, 0.05) is 37.1 Å². The van der Waals surface area contributed by atoms with Gasteiger partial charge < -0.3 is 50.2 Å². The van der Waals surface area contributed by atoms with Gasteiger partial charge >= 0.3 is 118 Å². The zero-order valence-electron chi connectivity index (χ0n) is 17.2. The third kappa shape index (κ3) is 27.7. The van der Waals surface area contributed by atoms with Crippen LogP contribution in [0.25, 0.3) is 0 Å². The number of carbonyl (C=O) groups is 6. The number of aliphatic carboxylic acids is 4. The Morgan fingerprint density at radius 3 is 0.967 bits per heavy atom. The van der Waals surface area contributed by atoms with Crippen LogP contribution < -0.4 is 149 Å². The van der Waals surface area contributed by atoms with Gasteiger partial charge in [0.15, 0.2) is 0 Å². The molecule has 2 amide bonds. The first-order chi connectivity index (χ1) is 11.9. The second-order valence-corrected chi connectivity index (χ2v) is 5.26. The van der Waals surface area contributed by atoms with Crippen LogP contribution in [0.3, 0.4) is 0 Å². The van der Waals surface area contributed by atoms with Crippen molar-refractivity contribution in [3.05, 3.63) is 0 Å². The van der Waals surface area contributed by atoms with Crippen molar-refractivity contribution >= 4 is 54.2 Å². The second kappa shape index (κ2) is 26.9. The smallest absolute Gasteiger partial charge is 0.550 e. The van der Waals surface area contributed by atoms with E-state index in [2.05, 4.69) is 18.5 Å². The van der Waals surface area contributed by atoms with Gasteiger partial charge in [-0.05, 0) is 0 Å². The molecule has 0 aliphatic carbocycles. The minimum Gasteiger partial charge on any atom is -0.550 e. The van der Waals surface area contributed by atoms with Crippen LogP contribution in [-0.2, 0) is 28.8 Å². The number of nitrogens with one attached hydrogen (secondary N) is 2. The van der Waals surface area contributed by atoms with Crippen LogP contribution in [0.5, 0.6) is 0 Å². The largest absolute Gasteiger partial charge is 1.00 e. The van der Waals surface area contributed by atoms with Gasteiger partial charge in [-0.15, -0.1) is 18.5 Å². The summed E-state index contributed by atoms with van der Waals surface area (Å²) >= 11 is 0. The van der Waals surface area contributed by atoms with Gasteiger partial charge in [-0.2, -0.15) is 0 Å². The number of hydrogen-bond acceptors (Lipinski definition) is 10. The van der Waals surface area contributed by atoms with E-state index in [0.29, 0.717) is 0 Å². The van der Waals surface area contributed by atoms with Gasteiger partial charge in [0.2, 0.25) is 11.8 Å². The predicted octanol–water partition coefficient (Wildman–Crippen LogP) is -19.5. The molecule has 2 N–H and O–H groups in total. The van der Waals surface area contributed by atoms with E-state index >= 15 is 0 Å². The normalized spacial score (nSPS) is 10.2. The van der Waals surface area contributed by atoms with Crippen LogP contribution in [0.2, 0.25) is 0 Å². The van der Waals surface area contributed by atoms with E-state index in [9.17, 15) is 49.2 Å². The minimum atomic E-state index is -1.64. The fourth-order valence-electron chi connectivity index (χ4n) is 1.23. The molecule has 30 heavy (non-hydrogen) atoms. The Labute approximate surface area is 265 Å². The van der Waals surface area contributed by atoms with Gasteiger partial charge in [0.05, 0.1) is 24.0 Å². The Bertz CT molecular complexity index is 523. The van der Waals surface area contributed by atoms with Gasteiger partial charge in [0.1, 0.15) is 0 Å².